The molecule has 0 spiro atoms. The molecule has 3 heteroatoms. The Morgan fingerprint density at radius 2 is 1.94 bits per heavy atom. The molecule has 1 atom stereocenters. The molecular formula is C14H15ClO2. The second kappa shape index (κ2) is 4.84. The summed E-state index contributed by atoms with van der Waals surface area (Å²) in [4.78, 5) is 0. The molecule has 2 rings (SSSR count). The number of alkyl halides is 1. The van der Waals surface area contributed by atoms with Crippen molar-refractivity contribution < 1.29 is 9.15 Å². The van der Waals surface area contributed by atoms with Crippen molar-refractivity contribution in [2.45, 2.75) is 19.2 Å². The molecular weight excluding hydrogens is 236 g/mol. The van der Waals surface area contributed by atoms with Crippen LogP contribution in [0, 0.1) is 13.8 Å². The minimum Gasteiger partial charge on any atom is -0.497 e. The molecule has 2 nitrogen and oxygen atoms in total. The van der Waals surface area contributed by atoms with Crippen LogP contribution in [0.1, 0.15) is 28.0 Å². The number of furan rings is 1. The summed E-state index contributed by atoms with van der Waals surface area (Å²) in [6.07, 6.45) is 0. The topological polar surface area (TPSA) is 22.4 Å². The number of hydrogen-bond acceptors (Lipinski definition) is 2. The van der Waals surface area contributed by atoms with Crippen molar-refractivity contribution in [3.8, 4) is 5.75 Å². The summed E-state index contributed by atoms with van der Waals surface area (Å²) in [5, 5.41) is -0.255. The number of ether oxygens (including phenoxy) is 1. The third kappa shape index (κ3) is 2.47. The molecule has 0 saturated carbocycles. The average molecular weight is 251 g/mol. The smallest absolute Gasteiger partial charge is 0.126 e. The van der Waals surface area contributed by atoms with E-state index in [2.05, 4.69) is 0 Å². The summed E-state index contributed by atoms with van der Waals surface area (Å²) in [5.74, 6) is 2.49. The fourth-order valence-corrected chi connectivity index (χ4v) is 2.16. The fraction of sp³-hybridized carbons (Fsp3) is 0.286. The van der Waals surface area contributed by atoms with E-state index in [1.807, 2.05) is 44.2 Å². The van der Waals surface area contributed by atoms with Crippen molar-refractivity contribution in [3.05, 3.63) is 53.0 Å². The van der Waals surface area contributed by atoms with Crippen molar-refractivity contribution in [2.24, 2.45) is 0 Å². The molecule has 90 valence electrons. The van der Waals surface area contributed by atoms with Gasteiger partial charge in [-0.1, -0.05) is 6.07 Å². The zero-order valence-electron chi connectivity index (χ0n) is 10.2. The summed E-state index contributed by atoms with van der Waals surface area (Å²) in [7, 11) is 1.66. The van der Waals surface area contributed by atoms with Gasteiger partial charge in [-0.15, -0.1) is 11.6 Å². The van der Waals surface area contributed by atoms with Crippen LogP contribution in [0.4, 0.5) is 0 Å². The van der Waals surface area contributed by atoms with E-state index in [1.54, 1.807) is 7.11 Å². The summed E-state index contributed by atoms with van der Waals surface area (Å²) >= 11 is 6.41. The molecule has 2 aromatic rings. The minimum atomic E-state index is -0.255. The second-order valence-electron chi connectivity index (χ2n) is 4.03. The maximum Gasteiger partial charge on any atom is 0.126 e. The van der Waals surface area contributed by atoms with Gasteiger partial charge in [0, 0.05) is 0 Å². The zero-order valence-corrected chi connectivity index (χ0v) is 10.9. The van der Waals surface area contributed by atoms with Crippen LogP contribution in [-0.4, -0.2) is 7.11 Å². The normalized spacial score (nSPS) is 12.5. The van der Waals surface area contributed by atoms with Crippen LogP contribution in [0.15, 0.2) is 34.7 Å². The van der Waals surface area contributed by atoms with E-state index < -0.39 is 0 Å². The van der Waals surface area contributed by atoms with Gasteiger partial charge in [-0.3, -0.25) is 0 Å². The van der Waals surface area contributed by atoms with E-state index in [1.165, 1.54) is 0 Å². The van der Waals surface area contributed by atoms with E-state index in [-0.39, 0.29) is 5.38 Å². The van der Waals surface area contributed by atoms with Gasteiger partial charge >= 0.3 is 0 Å². The number of methoxy groups -OCH3 is 1. The van der Waals surface area contributed by atoms with Crippen LogP contribution >= 0.6 is 11.6 Å². The molecule has 17 heavy (non-hydrogen) atoms. The first-order valence-electron chi connectivity index (χ1n) is 5.46. The monoisotopic (exact) mass is 250 g/mol. The summed E-state index contributed by atoms with van der Waals surface area (Å²) in [6.45, 7) is 3.93. The molecule has 0 bridgehead atoms. The lowest BCUT2D eigenvalue weighted by Gasteiger charge is -2.11. The fourth-order valence-electron chi connectivity index (χ4n) is 1.80. The molecule has 0 N–H and O–H groups in total. The van der Waals surface area contributed by atoms with Gasteiger partial charge < -0.3 is 9.15 Å². The maximum absolute atomic E-state index is 6.41. The Bertz CT molecular complexity index is 517. The zero-order chi connectivity index (χ0) is 12.4. The van der Waals surface area contributed by atoms with Crippen molar-refractivity contribution in [2.75, 3.05) is 7.11 Å². The first-order chi connectivity index (χ1) is 8.11. The predicted octanol–water partition coefficient (Wildman–Crippen LogP) is 4.23. The second-order valence-corrected chi connectivity index (χ2v) is 4.47. The number of benzene rings is 1. The highest BCUT2D eigenvalue weighted by molar-refractivity contribution is 6.22. The summed E-state index contributed by atoms with van der Waals surface area (Å²) < 4.78 is 10.7. The lowest BCUT2D eigenvalue weighted by Crippen LogP contribution is -1.95. The van der Waals surface area contributed by atoms with Gasteiger partial charge in [0.1, 0.15) is 22.6 Å². The summed E-state index contributed by atoms with van der Waals surface area (Å²) in [5.41, 5.74) is 2.14. The quantitative estimate of drug-likeness (QED) is 0.761. The number of hydrogen-bond donors (Lipinski definition) is 0. The lowest BCUT2D eigenvalue weighted by molar-refractivity contribution is 0.414. The molecule has 1 heterocycles. The molecule has 0 aliphatic carbocycles. The van der Waals surface area contributed by atoms with Gasteiger partial charge in [0.2, 0.25) is 0 Å². The first kappa shape index (κ1) is 12.1. The predicted molar refractivity (Wildman–Crippen MR) is 68.9 cm³/mol. The number of aryl methyl sites for hydroxylation is 2. The highest BCUT2D eigenvalue weighted by atomic mass is 35.5. The van der Waals surface area contributed by atoms with Gasteiger partial charge in [0.05, 0.1) is 7.11 Å². The molecule has 1 aromatic heterocycles. The van der Waals surface area contributed by atoms with Crippen molar-refractivity contribution in [3.63, 3.8) is 0 Å². The standard InChI is InChI=1S/C14H15ClO2/c1-9-8-11(16-3)5-6-12(9)14(15)13-7-4-10(2)17-13/h4-8,14H,1-3H3. The molecule has 0 saturated heterocycles. The Balaban J connectivity index is 2.34. The summed E-state index contributed by atoms with van der Waals surface area (Å²) in [6, 6.07) is 9.69. The lowest BCUT2D eigenvalue weighted by atomic mass is 10.0. The Kier molecular flexibility index (Phi) is 3.43. The number of halogens is 1. The van der Waals surface area contributed by atoms with Crippen LogP contribution in [0.25, 0.3) is 0 Å². The molecule has 1 unspecified atom stereocenters. The van der Waals surface area contributed by atoms with Gasteiger partial charge in [0.15, 0.2) is 0 Å². The Labute approximate surface area is 106 Å². The average Bonchev–Trinajstić information content (AvgIpc) is 2.75. The third-order valence-corrected chi connectivity index (χ3v) is 3.21. The molecule has 0 amide bonds. The minimum absolute atomic E-state index is 0.255. The largest absolute Gasteiger partial charge is 0.497 e. The highest BCUT2D eigenvalue weighted by Gasteiger charge is 2.16. The van der Waals surface area contributed by atoms with Crippen molar-refractivity contribution >= 4 is 11.6 Å². The Morgan fingerprint density at radius 3 is 2.47 bits per heavy atom. The van der Waals surface area contributed by atoms with Crippen LogP contribution in [0.2, 0.25) is 0 Å². The first-order valence-corrected chi connectivity index (χ1v) is 5.90. The van der Waals surface area contributed by atoms with Crippen LogP contribution in [0.5, 0.6) is 5.75 Å². The van der Waals surface area contributed by atoms with Gasteiger partial charge in [-0.25, -0.2) is 0 Å². The number of rotatable bonds is 3. The Morgan fingerprint density at radius 1 is 1.18 bits per heavy atom. The Hall–Kier alpha value is -1.41. The van der Waals surface area contributed by atoms with E-state index in [4.69, 9.17) is 20.8 Å². The molecule has 0 aliphatic rings. The highest BCUT2D eigenvalue weighted by Crippen LogP contribution is 2.33. The van der Waals surface area contributed by atoms with E-state index in [0.29, 0.717) is 0 Å². The molecule has 0 fully saturated rings. The van der Waals surface area contributed by atoms with Gasteiger partial charge in [-0.05, 0) is 49.2 Å². The van der Waals surface area contributed by atoms with E-state index in [9.17, 15) is 0 Å². The van der Waals surface area contributed by atoms with Crippen molar-refractivity contribution in [1.29, 1.82) is 0 Å². The molecule has 0 aliphatic heterocycles. The SMILES string of the molecule is COc1ccc(C(Cl)c2ccc(C)o2)c(C)c1. The van der Waals surface area contributed by atoms with Gasteiger partial charge in [0.25, 0.3) is 0 Å². The van der Waals surface area contributed by atoms with Gasteiger partial charge in [-0.2, -0.15) is 0 Å². The van der Waals surface area contributed by atoms with E-state index >= 15 is 0 Å². The van der Waals surface area contributed by atoms with Crippen molar-refractivity contribution in [1.82, 2.24) is 0 Å². The van der Waals surface area contributed by atoms with Crippen LogP contribution in [-0.2, 0) is 0 Å². The molecule has 0 radical (unpaired) electrons. The third-order valence-electron chi connectivity index (χ3n) is 2.76. The van der Waals surface area contributed by atoms with Crippen LogP contribution < -0.4 is 4.74 Å². The molecule has 1 aromatic carbocycles. The maximum atomic E-state index is 6.41. The van der Waals surface area contributed by atoms with Crippen LogP contribution in [0.3, 0.4) is 0 Å². The van der Waals surface area contributed by atoms with E-state index in [0.717, 1.165) is 28.4 Å².